The van der Waals surface area contributed by atoms with E-state index in [1.165, 1.54) is 4.68 Å². The van der Waals surface area contributed by atoms with Gasteiger partial charge in [-0.25, -0.2) is 4.68 Å². The number of carbonyl (C=O) groups excluding carboxylic acids is 2. The number of likely N-dealkylation sites (tertiary alicyclic amines) is 1. The predicted molar refractivity (Wildman–Crippen MR) is 88.8 cm³/mol. The van der Waals surface area contributed by atoms with E-state index in [9.17, 15) is 9.59 Å². The van der Waals surface area contributed by atoms with Gasteiger partial charge in [-0.15, -0.1) is 5.10 Å². The van der Waals surface area contributed by atoms with Gasteiger partial charge in [0.15, 0.2) is 5.69 Å². The van der Waals surface area contributed by atoms with Crippen molar-refractivity contribution in [3.8, 4) is 5.69 Å². The van der Waals surface area contributed by atoms with Crippen molar-refractivity contribution < 1.29 is 9.59 Å². The van der Waals surface area contributed by atoms with Crippen LogP contribution in [0.4, 0.5) is 0 Å². The molecule has 126 valence electrons. The molecule has 1 aromatic heterocycles. The molecule has 2 aromatic rings. The molecule has 0 spiro atoms. The molecule has 0 unspecified atom stereocenters. The number of amides is 2. The van der Waals surface area contributed by atoms with Gasteiger partial charge in [-0.3, -0.25) is 9.59 Å². The lowest BCUT2D eigenvalue weighted by Gasteiger charge is -2.36. The summed E-state index contributed by atoms with van der Waals surface area (Å²) in [4.78, 5) is 25.8. The maximum Gasteiger partial charge on any atom is 0.276 e. The molecular formula is C16H18ClN5O2. The van der Waals surface area contributed by atoms with Crippen molar-refractivity contribution in [3.63, 3.8) is 0 Å². The molecule has 1 aliphatic heterocycles. The number of primary amides is 1. The lowest BCUT2D eigenvalue weighted by molar-refractivity contribution is -0.123. The Morgan fingerprint density at radius 3 is 2.75 bits per heavy atom. The highest BCUT2D eigenvalue weighted by atomic mass is 35.5. The van der Waals surface area contributed by atoms with E-state index in [1.807, 2.05) is 19.1 Å². The summed E-state index contributed by atoms with van der Waals surface area (Å²) >= 11 is 6.14. The molecule has 0 radical (unpaired) electrons. The first-order chi connectivity index (χ1) is 11.5. The highest BCUT2D eigenvalue weighted by Gasteiger charge is 2.33. The molecule has 1 aliphatic rings. The van der Waals surface area contributed by atoms with Crippen LogP contribution in [0.15, 0.2) is 30.5 Å². The van der Waals surface area contributed by atoms with Gasteiger partial charge in [-0.2, -0.15) is 0 Å². The van der Waals surface area contributed by atoms with Gasteiger partial charge in [0.1, 0.15) is 0 Å². The van der Waals surface area contributed by atoms with Crippen LogP contribution in [0.25, 0.3) is 5.69 Å². The fourth-order valence-corrected chi connectivity index (χ4v) is 3.11. The maximum absolute atomic E-state index is 12.7. The zero-order valence-corrected chi connectivity index (χ0v) is 14.0. The number of piperidine rings is 1. The smallest absolute Gasteiger partial charge is 0.276 e. The molecular weight excluding hydrogens is 330 g/mol. The molecule has 7 nitrogen and oxygen atoms in total. The number of halogens is 1. The number of carbonyl (C=O) groups is 2. The Hall–Kier alpha value is -2.41. The Labute approximate surface area is 144 Å². The molecule has 1 fully saturated rings. The van der Waals surface area contributed by atoms with Crippen molar-refractivity contribution in [1.82, 2.24) is 19.9 Å². The largest absolute Gasteiger partial charge is 0.369 e. The second kappa shape index (κ2) is 6.60. The van der Waals surface area contributed by atoms with Gasteiger partial charge in [-0.1, -0.05) is 28.9 Å². The number of aromatic nitrogens is 3. The Morgan fingerprint density at radius 2 is 2.04 bits per heavy atom. The number of hydrogen-bond donors (Lipinski definition) is 1. The third kappa shape index (κ3) is 3.12. The van der Waals surface area contributed by atoms with Crippen LogP contribution in [0.3, 0.4) is 0 Å². The molecule has 2 atom stereocenters. The molecule has 0 bridgehead atoms. The average Bonchev–Trinajstić information content (AvgIpc) is 3.04. The van der Waals surface area contributed by atoms with Gasteiger partial charge in [0.05, 0.1) is 22.8 Å². The van der Waals surface area contributed by atoms with Crippen LogP contribution in [0.5, 0.6) is 0 Å². The number of rotatable bonds is 3. The normalized spacial score (nSPS) is 20.8. The van der Waals surface area contributed by atoms with Crippen LogP contribution in [0.2, 0.25) is 5.02 Å². The van der Waals surface area contributed by atoms with E-state index in [0.29, 0.717) is 23.7 Å². The van der Waals surface area contributed by atoms with Gasteiger partial charge < -0.3 is 10.6 Å². The van der Waals surface area contributed by atoms with Gasteiger partial charge >= 0.3 is 0 Å². The highest BCUT2D eigenvalue weighted by Crippen LogP contribution is 2.24. The number of benzene rings is 1. The summed E-state index contributed by atoms with van der Waals surface area (Å²) in [6.45, 7) is 2.27. The number of para-hydroxylation sites is 1. The molecule has 2 N–H and O–H groups in total. The van der Waals surface area contributed by atoms with E-state index in [4.69, 9.17) is 17.3 Å². The van der Waals surface area contributed by atoms with Gasteiger partial charge in [0, 0.05) is 12.6 Å². The van der Waals surface area contributed by atoms with Crippen LogP contribution in [0, 0.1) is 5.92 Å². The van der Waals surface area contributed by atoms with E-state index in [-0.39, 0.29) is 29.5 Å². The minimum atomic E-state index is -0.376. The number of nitrogens with zero attached hydrogens (tertiary/aromatic N) is 4. The summed E-state index contributed by atoms with van der Waals surface area (Å²) in [5.74, 6) is -0.949. The van der Waals surface area contributed by atoms with Gasteiger partial charge in [0.25, 0.3) is 5.91 Å². The Morgan fingerprint density at radius 1 is 1.29 bits per heavy atom. The lowest BCUT2D eigenvalue weighted by Crippen LogP contribution is -2.48. The van der Waals surface area contributed by atoms with Crippen LogP contribution in [0.1, 0.15) is 30.3 Å². The maximum atomic E-state index is 12.7. The van der Waals surface area contributed by atoms with Crippen molar-refractivity contribution in [2.45, 2.75) is 25.8 Å². The molecule has 0 saturated carbocycles. The third-order valence-corrected chi connectivity index (χ3v) is 4.68. The van der Waals surface area contributed by atoms with Crippen molar-refractivity contribution in [3.05, 3.63) is 41.2 Å². The number of nitrogens with two attached hydrogens (primary N) is 1. The van der Waals surface area contributed by atoms with E-state index >= 15 is 0 Å². The molecule has 2 heterocycles. The fraction of sp³-hybridized carbons (Fsp3) is 0.375. The Bertz CT molecular complexity index is 775. The molecule has 24 heavy (non-hydrogen) atoms. The Balaban J connectivity index is 1.83. The van der Waals surface area contributed by atoms with Crippen molar-refractivity contribution in [1.29, 1.82) is 0 Å². The summed E-state index contributed by atoms with van der Waals surface area (Å²) in [5, 5.41) is 8.46. The second-order valence-electron chi connectivity index (χ2n) is 5.98. The van der Waals surface area contributed by atoms with Gasteiger partial charge in [0.2, 0.25) is 5.91 Å². The molecule has 8 heteroatoms. The molecule has 3 rings (SSSR count). The standard InChI is InChI=1S/C16H18ClN5O2/c1-10-6-7-11(15(18)23)8-21(10)16(24)13-9-22(20-19-13)14-5-3-2-4-12(14)17/h2-5,9-11H,6-8H2,1H3,(H2,18,23)/t10-,11-/m1/s1. The predicted octanol–water partition coefficient (Wildman–Crippen LogP) is 1.65. The summed E-state index contributed by atoms with van der Waals surface area (Å²) in [6, 6.07) is 7.20. The zero-order valence-electron chi connectivity index (χ0n) is 13.2. The monoisotopic (exact) mass is 347 g/mol. The summed E-state index contributed by atoms with van der Waals surface area (Å²) in [7, 11) is 0. The van der Waals surface area contributed by atoms with Crippen LogP contribution in [-0.4, -0.2) is 44.3 Å². The van der Waals surface area contributed by atoms with E-state index < -0.39 is 0 Å². The first-order valence-corrected chi connectivity index (χ1v) is 8.12. The SMILES string of the molecule is C[C@@H]1CC[C@@H](C(N)=O)CN1C(=O)c1cn(-c2ccccc2Cl)nn1. The molecule has 2 amide bonds. The highest BCUT2D eigenvalue weighted by molar-refractivity contribution is 6.32. The van der Waals surface area contributed by atoms with E-state index in [0.717, 1.165) is 6.42 Å². The second-order valence-corrected chi connectivity index (χ2v) is 6.39. The average molecular weight is 348 g/mol. The first kappa shape index (κ1) is 16.4. The molecule has 1 aromatic carbocycles. The van der Waals surface area contributed by atoms with Crippen LogP contribution < -0.4 is 5.73 Å². The van der Waals surface area contributed by atoms with Gasteiger partial charge in [-0.05, 0) is 31.9 Å². The fourth-order valence-electron chi connectivity index (χ4n) is 2.89. The van der Waals surface area contributed by atoms with E-state index in [2.05, 4.69) is 10.3 Å². The lowest BCUT2D eigenvalue weighted by atomic mass is 9.92. The topological polar surface area (TPSA) is 94.1 Å². The summed E-state index contributed by atoms with van der Waals surface area (Å²) in [6.07, 6.45) is 2.98. The Kier molecular flexibility index (Phi) is 4.53. The third-order valence-electron chi connectivity index (χ3n) is 4.36. The van der Waals surface area contributed by atoms with Crippen LogP contribution >= 0.6 is 11.6 Å². The van der Waals surface area contributed by atoms with E-state index in [1.54, 1.807) is 23.2 Å². The summed E-state index contributed by atoms with van der Waals surface area (Å²) < 4.78 is 1.47. The quantitative estimate of drug-likeness (QED) is 0.913. The number of hydrogen-bond acceptors (Lipinski definition) is 4. The summed E-state index contributed by atoms with van der Waals surface area (Å²) in [5.41, 5.74) is 6.25. The van der Waals surface area contributed by atoms with Crippen molar-refractivity contribution in [2.75, 3.05) is 6.54 Å². The van der Waals surface area contributed by atoms with Crippen molar-refractivity contribution >= 4 is 23.4 Å². The molecule has 1 saturated heterocycles. The molecule has 0 aliphatic carbocycles. The van der Waals surface area contributed by atoms with Crippen LogP contribution in [-0.2, 0) is 4.79 Å². The minimum absolute atomic E-state index is 0.0264. The first-order valence-electron chi connectivity index (χ1n) is 7.75. The van der Waals surface area contributed by atoms with Crippen molar-refractivity contribution in [2.24, 2.45) is 11.7 Å². The zero-order chi connectivity index (χ0) is 17.3. The minimum Gasteiger partial charge on any atom is -0.369 e.